The van der Waals surface area contributed by atoms with E-state index in [-0.39, 0.29) is 12.6 Å². The van der Waals surface area contributed by atoms with Crippen LogP contribution in [0.15, 0.2) is 0 Å². The lowest BCUT2D eigenvalue weighted by Crippen LogP contribution is -2.34. The minimum atomic E-state index is -0.418. The fraction of sp³-hybridized carbons (Fsp3) is 0.700. The van der Waals surface area contributed by atoms with E-state index in [2.05, 4.69) is 22.9 Å². The molecule has 0 aliphatic heterocycles. The van der Waals surface area contributed by atoms with E-state index in [1.807, 2.05) is 6.92 Å². The van der Waals surface area contributed by atoms with Gasteiger partial charge in [0.1, 0.15) is 0 Å². The van der Waals surface area contributed by atoms with Crippen LogP contribution in [0.1, 0.15) is 33.1 Å². The number of alkyl carbamates (subject to hydrolysis) is 1. The molecule has 74 valence electrons. The van der Waals surface area contributed by atoms with Crippen molar-refractivity contribution >= 4 is 6.09 Å². The first-order valence-corrected chi connectivity index (χ1v) is 4.61. The summed E-state index contributed by atoms with van der Waals surface area (Å²) in [7, 11) is 0. The average Bonchev–Trinajstić information content (AvgIpc) is 2.14. The topological polar surface area (TPSA) is 38.3 Å². The van der Waals surface area contributed by atoms with Gasteiger partial charge in [-0.05, 0) is 12.8 Å². The Morgan fingerprint density at radius 3 is 2.77 bits per heavy atom. The van der Waals surface area contributed by atoms with E-state index >= 15 is 0 Å². The van der Waals surface area contributed by atoms with Crippen LogP contribution in [0, 0.1) is 12.3 Å². The van der Waals surface area contributed by atoms with Crippen molar-refractivity contribution in [3.8, 4) is 12.3 Å². The largest absolute Gasteiger partial charge is 0.436 e. The van der Waals surface area contributed by atoms with Gasteiger partial charge < -0.3 is 10.1 Å². The number of nitrogens with one attached hydrogen (secondary N) is 1. The van der Waals surface area contributed by atoms with E-state index in [9.17, 15) is 4.79 Å². The Bertz CT molecular complexity index is 184. The predicted octanol–water partition coefficient (Wildman–Crippen LogP) is 1.92. The SMILES string of the molecule is C#CCOC(=O)NC(CC)CCC. The average molecular weight is 183 g/mol. The van der Waals surface area contributed by atoms with Gasteiger partial charge in [-0.3, -0.25) is 0 Å². The zero-order valence-corrected chi connectivity index (χ0v) is 8.30. The Labute approximate surface area is 79.8 Å². The van der Waals surface area contributed by atoms with Gasteiger partial charge >= 0.3 is 6.09 Å². The summed E-state index contributed by atoms with van der Waals surface area (Å²) in [6, 6.07) is 0.204. The van der Waals surface area contributed by atoms with Crippen molar-refractivity contribution in [2.75, 3.05) is 6.61 Å². The molecule has 3 nitrogen and oxygen atoms in total. The van der Waals surface area contributed by atoms with Gasteiger partial charge in [0, 0.05) is 6.04 Å². The summed E-state index contributed by atoms with van der Waals surface area (Å²) < 4.78 is 4.68. The lowest BCUT2D eigenvalue weighted by molar-refractivity contribution is 0.155. The summed E-state index contributed by atoms with van der Waals surface area (Å²) in [6.07, 6.45) is 7.46. The second-order valence-corrected chi connectivity index (χ2v) is 2.82. The second kappa shape index (κ2) is 7.48. The highest BCUT2D eigenvalue weighted by Crippen LogP contribution is 2.00. The van der Waals surface area contributed by atoms with Gasteiger partial charge in [0.25, 0.3) is 0 Å². The van der Waals surface area contributed by atoms with Crippen molar-refractivity contribution in [2.24, 2.45) is 0 Å². The van der Waals surface area contributed by atoms with E-state index in [0.717, 1.165) is 19.3 Å². The summed E-state index contributed by atoms with van der Waals surface area (Å²) >= 11 is 0. The van der Waals surface area contributed by atoms with Crippen molar-refractivity contribution in [3.05, 3.63) is 0 Å². The lowest BCUT2D eigenvalue weighted by atomic mass is 10.1. The molecule has 1 N–H and O–H groups in total. The van der Waals surface area contributed by atoms with Crippen LogP contribution in [0.3, 0.4) is 0 Å². The first kappa shape index (κ1) is 11.8. The van der Waals surface area contributed by atoms with Gasteiger partial charge in [-0.1, -0.05) is 26.2 Å². The molecule has 0 fully saturated rings. The van der Waals surface area contributed by atoms with Crippen LogP contribution in [-0.4, -0.2) is 18.7 Å². The predicted molar refractivity (Wildman–Crippen MR) is 52.3 cm³/mol. The molecule has 0 radical (unpaired) electrons. The first-order chi connectivity index (χ1) is 6.24. The minimum absolute atomic E-state index is 0.0361. The van der Waals surface area contributed by atoms with Gasteiger partial charge in [0.15, 0.2) is 6.61 Å². The summed E-state index contributed by atoms with van der Waals surface area (Å²) in [5.41, 5.74) is 0. The summed E-state index contributed by atoms with van der Waals surface area (Å²) in [5.74, 6) is 2.24. The molecular weight excluding hydrogens is 166 g/mol. The number of rotatable bonds is 5. The number of amides is 1. The van der Waals surface area contributed by atoms with Crippen LogP contribution in [-0.2, 0) is 4.74 Å². The zero-order chi connectivity index (χ0) is 10.1. The highest BCUT2D eigenvalue weighted by molar-refractivity contribution is 5.67. The van der Waals surface area contributed by atoms with Gasteiger partial charge in [0.2, 0.25) is 0 Å². The monoisotopic (exact) mass is 183 g/mol. The standard InChI is InChI=1S/C10H17NO2/c1-4-7-9(6-3)11-10(12)13-8-5-2/h2,9H,4,6-8H2,1,3H3,(H,11,12). The van der Waals surface area contributed by atoms with Crippen LogP contribution in [0.5, 0.6) is 0 Å². The molecule has 0 rings (SSSR count). The summed E-state index contributed by atoms with van der Waals surface area (Å²) in [6.45, 7) is 4.15. The normalized spacial score (nSPS) is 11.5. The number of ether oxygens (including phenoxy) is 1. The first-order valence-electron chi connectivity index (χ1n) is 4.61. The number of hydrogen-bond donors (Lipinski definition) is 1. The Morgan fingerprint density at radius 1 is 1.62 bits per heavy atom. The van der Waals surface area contributed by atoms with E-state index in [4.69, 9.17) is 6.42 Å². The molecule has 3 heteroatoms. The van der Waals surface area contributed by atoms with Gasteiger partial charge in [-0.2, -0.15) is 0 Å². The van der Waals surface area contributed by atoms with Crippen molar-refractivity contribution in [2.45, 2.75) is 39.2 Å². The molecule has 1 atom stereocenters. The Morgan fingerprint density at radius 2 is 2.31 bits per heavy atom. The fourth-order valence-electron chi connectivity index (χ4n) is 1.04. The van der Waals surface area contributed by atoms with Crippen molar-refractivity contribution in [1.82, 2.24) is 5.32 Å². The van der Waals surface area contributed by atoms with Crippen molar-refractivity contribution in [1.29, 1.82) is 0 Å². The maximum Gasteiger partial charge on any atom is 0.408 e. The molecule has 0 spiro atoms. The second-order valence-electron chi connectivity index (χ2n) is 2.82. The lowest BCUT2D eigenvalue weighted by Gasteiger charge is -2.14. The highest BCUT2D eigenvalue weighted by atomic mass is 16.5. The minimum Gasteiger partial charge on any atom is -0.436 e. The fourth-order valence-corrected chi connectivity index (χ4v) is 1.04. The van der Waals surface area contributed by atoms with Crippen molar-refractivity contribution in [3.63, 3.8) is 0 Å². The van der Waals surface area contributed by atoms with E-state index in [1.54, 1.807) is 0 Å². The third-order valence-corrected chi connectivity index (χ3v) is 1.74. The van der Waals surface area contributed by atoms with Crippen LogP contribution < -0.4 is 5.32 Å². The molecule has 0 bridgehead atoms. The quantitative estimate of drug-likeness (QED) is 0.661. The van der Waals surface area contributed by atoms with Gasteiger partial charge in [-0.15, -0.1) is 6.42 Å². The molecule has 0 saturated carbocycles. The number of carbonyl (C=O) groups is 1. The molecule has 0 heterocycles. The van der Waals surface area contributed by atoms with E-state index in [0.29, 0.717) is 0 Å². The van der Waals surface area contributed by atoms with Crippen LogP contribution in [0.25, 0.3) is 0 Å². The van der Waals surface area contributed by atoms with Gasteiger partial charge in [0.05, 0.1) is 0 Å². The summed E-state index contributed by atoms with van der Waals surface area (Å²) in [5, 5.41) is 2.75. The highest BCUT2D eigenvalue weighted by Gasteiger charge is 2.08. The molecule has 1 amide bonds. The summed E-state index contributed by atoms with van der Waals surface area (Å²) in [4.78, 5) is 11.0. The molecule has 1 unspecified atom stereocenters. The van der Waals surface area contributed by atoms with Crippen molar-refractivity contribution < 1.29 is 9.53 Å². The Balaban J connectivity index is 3.67. The van der Waals surface area contributed by atoms with Crippen LogP contribution in [0.4, 0.5) is 4.79 Å². The van der Waals surface area contributed by atoms with E-state index < -0.39 is 6.09 Å². The number of hydrogen-bond acceptors (Lipinski definition) is 2. The van der Waals surface area contributed by atoms with Crippen LogP contribution >= 0.6 is 0 Å². The third-order valence-electron chi connectivity index (χ3n) is 1.74. The molecule has 0 aliphatic rings. The maximum atomic E-state index is 11.0. The molecule has 0 saturated heterocycles. The number of terminal acetylenes is 1. The Hall–Kier alpha value is -1.17. The molecule has 0 aliphatic carbocycles. The van der Waals surface area contributed by atoms with Gasteiger partial charge in [-0.25, -0.2) is 4.79 Å². The maximum absolute atomic E-state index is 11.0. The molecule has 13 heavy (non-hydrogen) atoms. The Kier molecular flexibility index (Phi) is 6.80. The third kappa shape index (κ3) is 6.03. The molecule has 0 aromatic carbocycles. The van der Waals surface area contributed by atoms with E-state index in [1.165, 1.54) is 0 Å². The molecule has 0 aromatic rings. The zero-order valence-electron chi connectivity index (χ0n) is 8.30. The molecular formula is C10H17NO2. The van der Waals surface area contributed by atoms with Crippen LogP contribution in [0.2, 0.25) is 0 Å². The molecule has 0 aromatic heterocycles. The number of carbonyl (C=O) groups excluding carboxylic acids is 1. The smallest absolute Gasteiger partial charge is 0.408 e.